The zero-order valence-corrected chi connectivity index (χ0v) is 16.5. The number of rotatable bonds is 6. The number of carbonyl (C=O) groups excluding carboxylic acids is 1. The lowest BCUT2D eigenvalue weighted by molar-refractivity contribution is -0.0667. The number of ketones is 1. The maximum absolute atomic E-state index is 15.7. The molecule has 1 atom stereocenters. The second kappa shape index (κ2) is 7.97. The highest BCUT2D eigenvalue weighted by atomic mass is 19.1. The Hall–Kier alpha value is -1.70. The van der Waals surface area contributed by atoms with Gasteiger partial charge in [-0.2, -0.15) is 0 Å². The Balaban J connectivity index is 1.37. The van der Waals surface area contributed by atoms with Gasteiger partial charge >= 0.3 is 0 Å². The molecular weight excluding hydrogens is 365 g/mol. The molecule has 3 aliphatic rings. The van der Waals surface area contributed by atoms with E-state index in [9.17, 15) is 4.79 Å². The van der Waals surface area contributed by atoms with Crippen molar-refractivity contribution in [2.45, 2.75) is 37.6 Å². The zero-order valence-electron chi connectivity index (χ0n) is 16.5. The van der Waals surface area contributed by atoms with Gasteiger partial charge in [0, 0.05) is 18.5 Å². The minimum absolute atomic E-state index is 0.117. The van der Waals surface area contributed by atoms with Gasteiger partial charge < -0.3 is 18.9 Å². The van der Waals surface area contributed by atoms with Crippen LogP contribution in [0.2, 0.25) is 0 Å². The number of alkyl halides is 1. The maximum atomic E-state index is 15.7. The quantitative estimate of drug-likeness (QED) is 0.741. The number of likely N-dealkylation sites (tertiary alicyclic amines) is 1. The van der Waals surface area contributed by atoms with Crippen molar-refractivity contribution in [1.29, 1.82) is 0 Å². The van der Waals surface area contributed by atoms with Crippen LogP contribution >= 0.6 is 0 Å². The summed E-state index contributed by atoms with van der Waals surface area (Å²) in [7, 11) is 3.06. The number of hydrogen-bond donors (Lipinski definition) is 0. The molecule has 4 rings (SSSR count). The number of methoxy groups -OCH3 is 2. The van der Waals surface area contributed by atoms with Crippen LogP contribution in [-0.4, -0.2) is 69.7 Å². The van der Waals surface area contributed by atoms with E-state index in [-0.39, 0.29) is 25.0 Å². The van der Waals surface area contributed by atoms with Crippen LogP contribution in [0.4, 0.5) is 4.39 Å². The lowest BCUT2D eigenvalue weighted by Gasteiger charge is -2.34. The van der Waals surface area contributed by atoms with E-state index in [0.717, 1.165) is 32.5 Å². The first-order valence-corrected chi connectivity index (χ1v) is 9.96. The molecule has 0 aromatic heterocycles. The summed E-state index contributed by atoms with van der Waals surface area (Å²) in [5.74, 6) is 0.777. The average molecular weight is 393 g/mol. The van der Waals surface area contributed by atoms with Crippen LogP contribution in [0.15, 0.2) is 12.1 Å². The molecular formula is C21H28FNO5. The van der Waals surface area contributed by atoms with Gasteiger partial charge in [0.15, 0.2) is 23.5 Å². The van der Waals surface area contributed by atoms with Crippen LogP contribution in [-0.2, 0) is 15.9 Å². The van der Waals surface area contributed by atoms with E-state index in [4.69, 9.17) is 18.9 Å². The normalized spacial score (nSPS) is 26.6. The van der Waals surface area contributed by atoms with Crippen molar-refractivity contribution in [2.24, 2.45) is 5.92 Å². The number of ether oxygens (including phenoxy) is 4. The minimum atomic E-state index is -1.83. The number of nitrogens with zero attached hydrogens (tertiary/aromatic N) is 1. The van der Waals surface area contributed by atoms with E-state index in [1.54, 1.807) is 19.2 Å². The first-order chi connectivity index (χ1) is 13.5. The van der Waals surface area contributed by atoms with Gasteiger partial charge in [0.1, 0.15) is 0 Å². The van der Waals surface area contributed by atoms with Crippen molar-refractivity contribution in [3.8, 4) is 11.5 Å². The van der Waals surface area contributed by atoms with Crippen LogP contribution in [0, 0.1) is 5.92 Å². The number of piperidine rings is 1. The summed E-state index contributed by atoms with van der Waals surface area (Å²) >= 11 is 0. The van der Waals surface area contributed by atoms with Gasteiger partial charge in [0.25, 0.3) is 0 Å². The van der Waals surface area contributed by atoms with Crippen molar-refractivity contribution in [3.63, 3.8) is 0 Å². The third-order valence-electron chi connectivity index (χ3n) is 6.15. The van der Waals surface area contributed by atoms with E-state index in [0.29, 0.717) is 35.8 Å². The predicted molar refractivity (Wildman–Crippen MR) is 101 cm³/mol. The summed E-state index contributed by atoms with van der Waals surface area (Å²) in [6, 6.07) is 3.35. The number of halogens is 1. The highest BCUT2D eigenvalue weighted by molar-refractivity contribution is 6.07. The second-order valence-corrected chi connectivity index (χ2v) is 7.95. The van der Waals surface area contributed by atoms with Crippen LogP contribution in [0.1, 0.15) is 35.2 Å². The molecule has 1 aliphatic carbocycles. The Morgan fingerprint density at radius 3 is 2.43 bits per heavy atom. The lowest BCUT2D eigenvalue weighted by atomic mass is 9.83. The summed E-state index contributed by atoms with van der Waals surface area (Å²) in [4.78, 5) is 15.1. The molecule has 0 spiro atoms. The van der Waals surface area contributed by atoms with E-state index < -0.39 is 11.5 Å². The molecule has 0 N–H and O–H groups in total. The zero-order chi connectivity index (χ0) is 19.7. The van der Waals surface area contributed by atoms with Gasteiger partial charge in [0.2, 0.25) is 5.78 Å². The van der Waals surface area contributed by atoms with E-state index in [2.05, 4.69) is 4.90 Å². The molecule has 6 nitrogen and oxygen atoms in total. The molecule has 0 radical (unpaired) electrons. The van der Waals surface area contributed by atoms with Crippen molar-refractivity contribution in [1.82, 2.24) is 4.90 Å². The Bertz CT molecular complexity index is 728. The minimum Gasteiger partial charge on any atom is -0.493 e. The van der Waals surface area contributed by atoms with E-state index >= 15 is 4.39 Å². The molecule has 7 heteroatoms. The maximum Gasteiger partial charge on any atom is 0.200 e. The molecule has 2 aliphatic heterocycles. The van der Waals surface area contributed by atoms with Crippen LogP contribution in [0.3, 0.4) is 0 Å². The fourth-order valence-corrected chi connectivity index (χ4v) is 4.62. The third kappa shape index (κ3) is 3.75. The lowest BCUT2D eigenvalue weighted by Crippen LogP contribution is -2.41. The van der Waals surface area contributed by atoms with Crippen LogP contribution < -0.4 is 9.47 Å². The third-order valence-corrected chi connectivity index (χ3v) is 6.15. The first kappa shape index (κ1) is 19.6. The summed E-state index contributed by atoms with van der Waals surface area (Å²) in [6.45, 7) is 3.84. The van der Waals surface area contributed by atoms with Crippen LogP contribution in [0.25, 0.3) is 0 Å². The topological polar surface area (TPSA) is 57.2 Å². The Labute approximate surface area is 164 Å². The summed E-state index contributed by atoms with van der Waals surface area (Å²) < 4.78 is 37.3. The SMILES string of the molecule is COc1cc2c(cc1OC)C(=O)C(F)(CC1CCN(CC3OCCO3)CC1)C2. The number of hydrogen-bond acceptors (Lipinski definition) is 6. The molecule has 0 saturated carbocycles. The highest BCUT2D eigenvalue weighted by Crippen LogP contribution is 2.43. The fraction of sp³-hybridized carbons (Fsp3) is 0.667. The number of carbonyl (C=O) groups is 1. The molecule has 1 aromatic rings. The van der Waals surface area contributed by atoms with E-state index in [1.807, 2.05) is 0 Å². The number of benzene rings is 1. The Morgan fingerprint density at radius 1 is 1.14 bits per heavy atom. The van der Waals surface area contributed by atoms with Crippen molar-refractivity contribution in [2.75, 3.05) is 47.1 Å². The smallest absolute Gasteiger partial charge is 0.200 e. The molecule has 1 aromatic carbocycles. The molecule has 2 fully saturated rings. The van der Waals surface area contributed by atoms with E-state index in [1.165, 1.54) is 7.11 Å². The van der Waals surface area contributed by atoms with Gasteiger partial charge in [-0.05, 0) is 56.0 Å². The summed E-state index contributed by atoms with van der Waals surface area (Å²) in [6.07, 6.45) is 2.02. The van der Waals surface area contributed by atoms with Crippen molar-refractivity contribution >= 4 is 5.78 Å². The monoisotopic (exact) mass is 393 g/mol. The molecule has 2 saturated heterocycles. The molecule has 28 heavy (non-hydrogen) atoms. The van der Waals surface area contributed by atoms with Crippen molar-refractivity contribution in [3.05, 3.63) is 23.3 Å². The van der Waals surface area contributed by atoms with Gasteiger partial charge in [-0.1, -0.05) is 0 Å². The Morgan fingerprint density at radius 2 is 1.79 bits per heavy atom. The molecule has 0 bridgehead atoms. The molecule has 2 heterocycles. The molecule has 154 valence electrons. The molecule has 1 unspecified atom stereocenters. The highest BCUT2D eigenvalue weighted by Gasteiger charge is 2.48. The average Bonchev–Trinajstić information content (AvgIpc) is 3.29. The fourth-order valence-electron chi connectivity index (χ4n) is 4.62. The van der Waals surface area contributed by atoms with Gasteiger partial charge in [-0.25, -0.2) is 4.39 Å². The van der Waals surface area contributed by atoms with Crippen molar-refractivity contribution < 1.29 is 28.1 Å². The summed E-state index contributed by atoms with van der Waals surface area (Å²) in [5, 5.41) is 0. The van der Waals surface area contributed by atoms with Crippen LogP contribution in [0.5, 0.6) is 11.5 Å². The first-order valence-electron chi connectivity index (χ1n) is 9.96. The van der Waals surface area contributed by atoms with Gasteiger partial charge in [-0.3, -0.25) is 9.69 Å². The largest absolute Gasteiger partial charge is 0.493 e. The predicted octanol–water partition coefficient (Wildman–Crippen LogP) is 2.63. The number of Topliss-reactive ketones (excluding diaryl/α,β-unsaturated/α-hetero) is 1. The molecule has 0 amide bonds. The number of fused-ring (bicyclic) bond motifs is 1. The second-order valence-electron chi connectivity index (χ2n) is 7.95. The van der Waals surface area contributed by atoms with Gasteiger partial charge in [0.05, 0.1) is 27.4 Å². The Kier molecular flexibility index (Phi) is 5.58. The summed E-state index contributed by atoms with van der Waals surface area (Å²) in [5.41, 5.74) is -0.698. The van der Waals surface area contributed by atoms with Gasteiger partial charge in [-0.15, -0.1) is 0 Å². The standard InChI is InChI=1S/C21H28FNO5/c1-25-17-9-15-12-21(22,20(24)16(15)10-18(17)26-2)11-14-3-5-23(6-4-14)13-19-27-7-8-28-19/h9-10,14,19H,3-8,11-13H2,1-2H3.